The lowest BCUT2D eigenvalue weighted by Gasteiger charge is -2.22. The van der Waals surface area contributed by atoms with Crippen molar-refractivity contribution in [1.29, 1.82) is 0 Å². The maximum Gasteiger partial charge on any atom is 0.241 e. The number of allylic oxidation sites excluding steroid dienone is 2. The van der Waals surface area contributed by atoms with Crippen molar-refractivity contribution in [1.82, 2.24) is 4.72 Å². The molecule has 4 nitrogen and oxygen atoms in total. The molecule has 31 heavy (non-hydrogen) atoms. The first-order valence-electron chi connectivity index (χ1n) is 9.77. The molecule has 2 atom stereocenters. The van der Waals surface area contributed by atoms with Gasteiger partial charge in [-0.1, -0.05) is 78.4 Å². The van der Waals surface area contributed by atoms with E-state index in [9.17, 15) is 12.6 Å². The van der Waals surface area contributed by atoms with Crippen LogP contribution in [0.3, 0.4) is 0 Å². The predicted molar refractivity (Wildman–Crippen MR) is 127 cm³/mol. The van der Waals surface area contributed by atoms with Crippen LogP contribution in [0, 0.1) is 13.8 Å². The maximum atomic E-state index is 13.5. The van der Waals surface area contributed by atoms with E-state index in [2.05, 4.69) is 11.3 Å². The van der Waals surface area contributed by atoms with E-state index in [1.807, 2.05) is 56.3 Å². The Morgan fingerprint density at radius 1 is 0.903 bits per heavy atom. The molecule has 0 spiro atoms. The average Bonchev–Trinajstić information content (AvgIpc) is 2.77. The summed E-state index contributed by atoms with van der Waals surface area (Å²) in [5, 5.41) is 0. The third-order valence-corrected chi connectivity index (χ3v) is 7.69. The van der Waals surface area contributed by atoms with Crippen molar-refractivity contribution in [3.63, 3.8) is 0 Å². The van der Waals surface area contributed by atoms with Crippen molar-refractivity contribution < 1.29 is 12.6 Å². The Morgan fingerprint density at radius 3 is 2.00 bits per heavy atom. The van der Waals surface area contributed by atoms with Gasteiger partial charge in [0, 0.05) is 9.80 Å². The number of sulfonamides is 1. The van der Waals surface area contributed by atoms with E-state index in [1.165, 1.54) is 6.08 Å². The minimum absolute atomic E-state index is 0.151. The average molecular weight is 452 g/mol. The molecule has 0 saturated carbocycles. The van der Waals surface area contributed by atoms with Crippen molar-refractivity contribution in [3.05, 3.63) is 119 Å². The van der Waals surface area contributed by atoms with Crippen LogP contribution in [0.2, 0.25) is 0 Å². The number of aryl methyl sites for hydroxylation is 2. The Kier molecular flexibility index (Phi) is 7.38. The zero-order valence-electron chi connectivity index (χ0n) is 17.5. The Balaban J connectivity index is 2.07. The van der Waals surface area contributed by atoms with E-state index in [4.69, 9.17) is 0 Å². The van der Waals surface area contributed by atoms with E-state index >= 15 is 0 Å². The van der Waals surface area contributed by atoms with Gasteiger partial charge in [-0.25, -0.2) is 12.6 Å². The molecule has 0 heterocycles. The molecule has 0 fully saturated rings. The SMILES string of the molecule is C=C/C=C(\[C@H](NS(=O)(=O)c1ccc(C)cc1)c1ccccc1)[S@@](=O)c1ccc(C)cc1. The molecule has 0 saturated heterocycles. The molecule has 6 heteroatoms. The van der Waals surface area contributed by atoms with Gasteiger partial charge in [-0.15, -0.1) is 0 Å². The molecule has 0 bridgehead atoms. The molecule has 0 aliphatic heterocycles. The van der Waals surface area contributed by atoms with Crippen LogP contribution in [-0.2, 0) is 20.8 Å². The molecule has 0 unspecified atom stereocenters. The summed E-state index contributed by atoms with van der Waals surface area (Å²) in [6.45, 7) is 7.59. The van der Waals surface area contributed by atoms with Gasteiger partial charge < -0.3 is 0 Å². The van der Waals surface area contributed by atoms with Gasteiger partial charge in [0.2, 0.25) is 10.0 Å². The summed E-state index contributed by atoms with van der Waals surface area (Å²) in [4.78, 5) is 1.15. The van der Waals surface area contributed by atoms with E-state index in [0.717, 1.165) is 11.1 Å². The Hall–Kier alpha value is -2.80. The second-order valence-corrected chi connectivity index (χ2v) is 10.4. The van der Waals surface area contributed by atoms with Crippen molar-refractivity contribution in [2.45, 2.75) is 29.7 Å². The second-order valence-electron chi connectivity index (χ2n) is 7.16. The summed E-state index contributed by atoms with van der Waals surface area (Å²) in [5.74, 6) is 0. The molecule has 0 amide bonds. The van der Waals surface area contributed by atoms with Crippen LogP contribution in [0.1, 0.15) is 22.7 Å². The first-order chi connectivity index (χ1) is 14.8. The lowest BCUT2D eigenvalue weighted by Crippen LogP contribution is -2.31. The topological polar surface area (TPSA) is 63.2 Å². The standard InChI is InChI=1S/C25H25NO3S2/c1-4-8-24(30(27)22-15-11-19(2)12-16-22)25(21-9-6-5-7-10-21)26-31(28,29)23-17-13-20(3)14-18-23/h4-18,25-26H,1H2,2-3H3/b24-8+/t25-,30+/m1/s1. The highest BCUT2D eigenvalue weighted by molar-refractivity contribution is 7.90. The molecular weight excluding hydrogens is 426 g/mol. The summed E-state index contributed by atoms with van der Waals surface area (Å²) >= 11 is 0. The highest BCUT2D eigenvalue weighted by Gasteiger charge is 2.28. The van der Waals surface area contributed by atoms with Crippen LogP contribution >= 0.6 is 0 Å². The zero-order chi connectivity index (χ0) is 22.4. The first-order valence-corrected chi connectivity index (χ1v) is 12.4. The summed E-state index contributed by atoms with van der Waals surface area (Å²) in [7, 11) is -5.46. The van der Waals surface area contributed by atoms with Crippen LogP contribution < -0.4 is 4.72 Å². The third kappa shape index (κ3) is 5.67. The van der Waals surface area contributed by atoms with Gasteiger partial charge in [-0.3, -0.25) is 0 Å². The molecule has 3 aromatic rings. The molecular formula is C25H25NO3S2. The van der Waals surface area contributed by atoms with E-state index < -0.39 is 26.9 Å². The smallest absolute Gasteiger partial charge is 0.241 e. The van der Waals surface area contributed by atoms with E-state index in [1.54, 1.807) is 42.5 Å². The highest BCUT2D eigenvalue weighted by Crippen LogP contribution is 2.30. The van der Waals surface area contributed by atoms with Gasteiger partial charge in [0.25, 0.3) is 0 Å². The fraction of sp³-hybridized carbons (Fsp3) is 0.120. The maximum absolute atomic E-state index is 13.5. The molecule has 0 radical (unpaired) electrons. The van der Waals surface area contributed by atoms with Crippen LogP contribution in [-0.4, -0.2) is 12.6 Å². The molecule has 0 aliphatic carbocycles. The number of nitrogens with one attached hydrogen (secondary N) is 1. The van der Waals surface area contributed by atoms with Crippen LogP contribution in [0.15, 0.2) is 112 Å². The largest absolute Gasteiger partial charge is 0.249 e. The molecule has 0 aromatic heterocycles. The van der Waals surface area contributed by atoms with Gasteiger partial charge in [0.05, 0.1) is 21.7 Å². The number of hydrogen-bond donors (Lipinski definition) is 1. The lowest BCUT2D eigenvalue weighted by atomic mass is 10.1. The minimum atomic E-state index is -3.87. The molecule has 3 rings (SSSR count). The Bertz CT molecular complexity index is 1200. The quantitative estimate of drug-likeness (QED) is 0.479. The van der Waals surface area contributed by atoms with Gasteiger partial charge >= 0.3 is 0 Å². The summed E-state index contributed by atoms with van der Waals surface area (Å²) in [6.07, 6.45) is 3.14. The molecule has 1 N–H and O–H groups in total. The van der Waals surface area contributed by atoms with Gasteiger partial charge in [-0.05, 0) is 49.8 Å². The van der Waals surface area contributed by atoms with Gasteiger partial charge in [0.15, 0.2) is 0 Å². The van der Waals surface area contributed by atoms with Gasteiger partial charge in [-0.2, -0.15) is 4.72 Å². The van der Waals surface area contributed by atoms with Crippen molar-refractivity contribution in [2.24, 2.45) is 0 Å². The van der Waals surface area contributed by atoms with Gasteiger partial charge in [0.1, 0.15) is 0 Å². The second kappa shape index (κ2) is 10.0. The molecule has 0 aliphatic rings. The summed E-state index contributed by atoms with van der Waals surface area (Å²) < 4.78 is 42.6. The monoisotopic (exact) mass is 451 g/mol. The number of rotatable bonds is 8. The Morgan fingerprint density at radius 2 is 1.45 bits per heavy atom. The Labute approximate surface area is 186 Å². The highest BCUT2D eigenvalue weighted by atomic mass is 32.2. The minimum Gasteiger partial charge on any atom is -0.249 e. The summed E-state index contributed by atoms with van der Waals surface area (Å²) in [6, 6.07) is 22.3. The van der Waals surface area contributed by atoms with E-state index in [0.29, 0.717) is 15.4 Å². The van der Waals surface area contributed by atoms with E-state index in [-0.39, 0.29) is 4.90 Å². The number of benzene rings is 3. The molecule has 3 aromatic carbocycles. The van der Waals surface area contributed by atoms with Crippen LogP contribution in [0.4, 0.5) is 0 Å². The van der Waals surface area contributed by atoms with Crippen molar-refractivity contribution in [2.75, 3.05) is 0 Å². The van der Waals surface area contributed by atoms with Crippen molar-refractivity contribution in [3.8, 4) is 0 Å². The third-order valence-electron chi connectivity index (χ3n) is 4.75. The zero-order valence-corrected chi connectivity index (χ0v) is 19.1. The molecule has 160 valence electrons. The van der Waals surface area contributed by atoms with Crippen molar-refractivity contribution >= 4 is 20.8 Å². The van der Waals surface area contributed by atoms with Crippen LogP contribution in [0.25, 0.3) is 0 Å². The van der Waals surface area contributed by atoms with Crippen LogP contribution in [0.5, 0.6) is 0 Å². The number of hydrogen-bond acceptors (Lipinski definition) is 3. The first kappa shape index (κ1) is 22.9. The fourth-order valence-electron chi connectivity index (χ4n) is 3.06. The predicted octanol–water partition coefficient (Wildman–Crippen LogP) is 5.20. The summed E-state index contributed by atoms with van der Waals surface area (Å²) in [5.41, 5.74) is 2.70. The fourth-order valence-corrected chi connectivity index (χ4v) is 5.62. The lowest BCUT2D eigenvalue weighted by molar-refractivity contribution is 0.573. The normalized spacial score (nSPS) is 14.1.